The zero-order valence-electron chi connectivity index (χ0n) is 7.63. The molecular weight excluding hydrogens is 228 g/mol. The normalized spacial score (nSPS) is 26.1. The van der Waals surface area contributed by atoms with E-state index in [9.17, 15) is 0 Å². The van der Waals surface area contributed by atoms with Crippen LogP contribution < -0.4 is 0 Å². The SMILES string of the molecule is Cc1ccc(C2CC2CO)c(Br)c1. The Labute approximate surface area is 86.9 Å². The molecule has 2 heteroatoms. The molecule has 0 spiro atoms. The van der Waals surface area contributed by atoms with Crippen LogP contribution in [-0.2, 0) is 0 Å². The molecule has 0 bridgehead atoms. The lowest BCUT2D eigenvalue weighted by Crippen LogP contribution is -1.90. The second kappa shape index (κ2) is 3.43. The van der Waals surface area contributed by atoms with Crippen LogP contribution in [0, 0.1) is 12.8 Å². The van der Waals surface area contributed by atoms with E-state index in [-0.39, 0.29) is 0 Å². The number of aryl methyl sites for hydroxylation is 1. The van der Waals surface area contributed by atoms with Crippen LogP contribution >= 0.6 is 15.9 Å². The summed E-state index contributed by atoms with van der Waals surface area (Å²) in [5.41, 5.74) is 2.63. The third-order valence-electron chi connectivity index (χ3n) is 2.71. The van der Waals surface area contributed by atoms with Crippen molar-refractivity contribution >= 4 is 15.9 Å². The predicted molar refractivity (Wildman–Crippen MR) is 56.8 cm³/mol. The average molecular weight is 241 g/mol. The first-order valence-electron chi connectivity index (χ1n) is 4.59. The van der Waals surface area contributed by atoms with Crippen LogP contribution in [0.2, 0.25) is 0 Å². The number of aliphatic hydroxyl groups is 1. The Morgan fingerprint density at radius 1 is 1.54 bits per heavy atom. The van der Waals surface area contributed by atoms with Crippen molar-refractivity contribution in [3.63, 3.8) is 0 Å². The van der Waals surface area contributed by atoms with Gasteiger partial charge in [-0.2, -0.15) is 0 Å². The van der Waals surface area contributed by atoms with Gasteiger partial charge in [-0.3, -0.25) is 0 Å². The van der Waals surface area contributed by atoms with Gasteiger partial charge in [0, 0.05) is 11.1 Å². The summed E-state index contributed by atoms with van der Waals surface area (Å²) >= 11 is 3.56. The third kappa shape index (κ3) is 1.79. The van der Waals surface area contributed by atoms with Crippen LogP contribution in [0.15, 0.2) is 22.7 Å². The van der Waals surface area contributed by atoms with Crippen molar-refractivity contribution in [2.24, 2.45) is 5.92 Å². The van der Waals surface area contributed by atoms with Crippen LogP contribution in [0.4, 0.5) is 0 Å². The van der Waals surface area contributed by atoms with E-state index in [4.69, 9.17) is 5.11 Å². The fourth-order valence-electron chi connectivity index (χ4n) is 1.76. The lowest BCUT2D eigenvalue weighted by atomic mass is 10.1. The highest BCUT2D eigenvalue weighted by Gasteiger charge is 2.38. The minimum absolute atomic E-state index is 0.324. The van der Waals surface area contributed by atoms with Gasteiger partial charge in [0.05, 0.1) is 0 Å². The van der Waals surface area contributed by atoms with Gasteiger partial charge in [0.2, 0.25) is 0 Å². The highest BCUT2D eigenvalue weighted by atomic mass is 79.9. The first kappa shape index (κ1) is 9.22. The van der Waals surface area contributed by atoms with Gasteiger partial charge in [0.25, 0.3) is 0 Å². The molecule has 2 unspecified atom stereocenters. The summed E-state index contributed by atoms with van der Waals surface area (Å²) < 4.78 is 1.19. The van der Waals surface area contributed by atoms with Crippen molar-refractivity contribution < 1.29 is 5.11 Å². The van der Waals surface area contributed by atoms with Crippen molar-refractivity contribution in [3.05, 3.63) is 33.8 Å². The van der Waals surface area contributed by atoms with Gasteiger partial charge in [-0.25, -0.2) is 0 Å². The molecule has 1 saturated carbocycles. The summed E-state index contributed by atoms with van der Waals surface area (Å²) in [6, 6.07) is 6.44. The molecule has 0 aromatic heterocycles. The number of aliphatic hydroxyl groups excluding tert-OH is 1. The van der Waals surface area contributed by atoms with E-state index in [2.05, 4.69) is 41.1 Å². The summed E-state index contributed by atoms with van der Waals surface area (Å²) in [5.74, 6) is 1.08. The summed E-state index contributed by atoms with van der Waals surface area (Å²) in [4.78, 5) is 0. The molecule has 2 atom stereocenters. The smallest absolute Gasteiger partial charge is 0.0465 e. The fourth-order valence-corrected chi connectivity index (χ4v) is 2.55. The molecule has 13 heavy (non-hydrogen) atoms. The molecule has 1 nitrogen and oxygen atoms in total. The Hall–Kier alpha value is -0.340. The summed E-state index contributed by atoms with van der Waals surface area (Å²) in [6.45, 7) is 2.41. The first-order valence-corrected chi connectivity index (χ1v) is 5.38. The van der Waals surface area contributed by atoms with E-state index >= 15 is 0 Å². The standard InChI is InChI=1S/C11H13BrO/c1-7-2-3-9(11(12)4-7)10-5-8(10)6-13/h2-4,8,10,13H,5-6H2,1H3. The van der Waals surface area contributed by atoms with Crippen molar-refractivity contribution in [3.8, 4) is 0 Å². The monoisotopic (exact) mass is 240 g/mol. The van der Waals surface area contributed by atoms with E-state index in [0.29, 0.717) is 18.4 Å². The molecule has 1 aromatic carbocycles. The van der Waals surface area contributed by atoms with Crippen LogP contribution in [0.1, 0.15) is 23.5 Å². The van der Waals surface area contributed by atoms with Gasteiger partial charge >= 0.3 is 0 Å². The van der Waals surface area contributed by atoms with Gasteiger partial charge < -0.3 is 5.11 Å². The van der Waals surface area contributed by atoms with Crippen LogP contribution in [0.3, 0.4) is 0 Å². The molecule has 1 aliphatic carbocycles. The predicted octanol–water partition coefficient (Wildman–Crippen LogP) is 2.85. The van der Waals surface area contributed by atoms with Gasteiger partial charge in [-0.05, 0) is 42.4 Å². The molecule has 1 fully saturated rings. The highest BCUT2D eigenvalue weighted by molar-refractivity contribution is 9.10. The molecule has 0 amide bonds. The zero-order chi connectivity index (χ0) is 9.42. The lowest BCUT2D eigenvalue weighted by molar-refractivity contribution is 0.274. The minimum atomic E-state index is 0.324. The van der Waals surface area contributed by atoms with Crippen molar-refractivity contribution in [1.29, 1.82) is 0 Å². The number of benzene rings is 1. The zero-order valence-corrected chi connectivity index (χ0v) is 9.21. The average Bonchev–Trinajstić information content (AvgIpc) is 2.83. The molecule has 0 heterocycles. The second-order valence-corrected chi connectivity index (χ2v) is 4.66. The molecule has 0 aliphatic heterocycles. The van der Waals surface area contributed by atoms with E-state index in [1.807, 2.05) is 0 Å². The lowest BCUT2D eigenvalue weighted by Gasteiger charge is -2.03. The maximum atomic E-state index is 8.97. The topological polar surface area (TPSA) is 20.2 Å². The van der Waals surface area contributed by atoms with Gasteiger partial charge in [-0.1, -0.05) is 28.1 Å². The maximum Gasteiger partial charge on any atom is 0.0465 e. The van der Waals surface area contributed by atoms with Crippen molar-refractivity contribution in [2.75, 3.05) is 6.61 Å². The summed E-state index contributed by atoms with van der Waals surface area (Å²) in [5, 5.41) is 8.97. The number of halogens is 1. The van der Waals surface area contributed by atoms with E-state index < -0.39 is 0 Å². The highest BCUT2D eigenvalue weighted by Crippen LogP contribution is 2.49. The fraction of sp³-hybridized carbons (Fsp3) is 0.455. The third-order valence-corrected chi connectivity index (χ3v) is 3.40. The molecule has 1 N–H and O–H groups in total. The molecule has 0 radical (unpaired) electrons. The quantitative estimate of drug-likeness (QED) is 0.844. The molecule has 0 saturated heterocycles. The Bertz CT molecular complexity index is 322. The van der Waals surface area contributed by atoms with Crippen molar-refractivity contribution in [2.45, 2.75) is 19.3 Å². The maximum absolute atomic E-state index is 8.97. The Morgan fingerprint density at radius 3 is 2.85 bits per heavy atom. The molecule has 1 aliphatic rings. The molecule has 1 aromatic rings. The molecule has 2 rings (SSSR count). The van der Waals surface area contributed by atoms with E-state index in [1.54, 1.807) is 0 Å². The Kier molecular flexibility index (Phi) is 2.43. The largest absolute Gasteiger partial charge is 0.396 e. The van der Waals surface area contributed by atoms with E-state index in [0.717, 1.165) is 6.42 Å². The van der Waals surface area contributed by atoms with Crippen LogP contribution in [0.5, 0.6) is 0 Å². The Balaban J connectivity index is 2.22. The van der Waals surface area contributed by atoms with Crippen LogP contribution in [-0.4, -0.2) is 11.7 Å². The van der Waals surface area contributed by atoms with Crippen LogP contribution in [0.25, 0.3) is 0 Å². The Morgan fingerprint density at radius 2 is 2.31 bits per heavy atom. The van der Waals surface area contributed by atoms with E-state index in [1.165, 1.54) is 15.6 Å². The van der Waals surface area contributed by atoms with Gasteiger partial charge in [-0.15, -0.1) is 0 Å². The number of rotatable bonds is 2. The first-order chi connectivity index (χ1) is 6.22. The second-order valence-electron chi connectivity index (χ2n) is 3.81. The summed E-state index contributed by atoms with van der Waals surface area (Å²) in [7, 11) is 0. The van der Waals surface area contributed by atoms with Crippen molar-refractivity contribution in [1.82, 2.24) is 0 Å². The summed E-state index contributed by atoms with van der Waals surface area (Å²) in [6.07, 6.45) is 1.14. The minimum Gasteiger partial charge on any atom is -0.396 e. The van der Waals surface area contributed by atoms with Gasteiger partial charge in [0.1, 0.15) is 0 Å². The number of hydrogen-bond acceptors (Lipinski definition) is 1. The number of hydrogen-bond donors (Lipinski definition) is 1. The molecule has 70 valence electrons. The van der Waals surface area contributed by atoms with Gasteiger partial charge in [0.15, 0.2) is 0 Å². The molecular formula is C11H13BrO.